The highest BCUT2D eigenvalue weighted by molar-refractivity contribution is 6.76. The molecule has 5 nitrogen and oxygen atoms in total. The Morgan fingerprint density at radius 3 is 1.06 bits per heavy atom. The topological polar surface area (TPSA) is 46.2 Å². The Bertz CT molecular complexity index is 350. The average Bonchev–Trinajstić information content (AvgIpc) is 2.77. The van der Waals surface area contributed by atoms with Gasteiger partial charge < -0.3 is 21.8 Å². The third-order valence-corrected chi connectivity index (χ3v) is 12.4. The molecule has 0 heterocycles. The van der Waals surface area contributed by atoms with Gasteiger partial charge in [0.15, 0.2) is 0 Å². The van der Waals surface area contributed by atoms with Crippen LogP contribution in [0.5, 0.6) is 0 Å². The van der Waals surface area contributed by atoms with E-state index in [-0.39, 0.29) is 0 Å². The van der Waals surface area contributed by atoms with E-state index in [1.165, 1.54) is 0 Å². The van der Waals surface area contributed by atoms with Crippen molar-refractivity contribution in [2.75, 3.05) is 26.4 Å². The smallest absolute Gasteiger partial charge is 0.395 e. The van der Waals surface area contributed by atoms with E-state index in [4.69, 9.17) is 21.8 Å². The van der Waals surface area contributed by atoms with Gasteiger partial charge in [-0.25, -0.2) is 0 Å². The molecule has 0 aromatic rings. The molecule has 0 radical (unpaired) electrons. The second kappa shape index (κ2) is 20.8. The minimum Gasteiger partial charge on any atom is -0.395 e. The van der Waals surface area contributed by atoms with Crippen LogP contribution in [0.15, 0.2) is 0 Å². The molecule has 0 fully saturated rings. The van der Waals surface area contributed by atoms with Crippen molar-refractivity contribution in [3.05, 3.63) is 0 Å². The summed E-state index contributed by atoms with van der Waals surface area (Å²) in [6, 6.07) is 1.99. The average molecular weight is 479 g/mol. The molecule has 7 heteroatoms. The second-order valence-corrected chi connectivity index (χ2v) is 14.3. The highest BCUT2D eigenvalue weighted by atomic mass is 28.5. The van der Waals surface area contributed by atoms with Crippen molar-refractivity contribution in [2.24, 2.45) is 0 Å². The Morgan fingerprint density at radius 2 is 0.742 bits per heavy atom. The van der Waals surface area contributed by atoms with Crippen molar-refractivity contribution in [2.45, 2.75) is 131 Å². The van der Waals surface area contributed by atoms with Crippen LogP contribution in [0.3, 0.4) is 0 Å². The molecule has 0 atom stereocenters. The first-order chi connectivity index (χ1) is 15.1. The largest absolute Gasteiger partial charge is 0.670 e. The van der Waals surface area contributed by atoms with Gasteiger partial charge in [0.2, 0.25) is 0 Å². The summed E-state index contributed by atoms with van der Waals surface area (Å²) in [5, 5.41) is 0. The number of unbranched alkanes of at least 4 members (excludes halogenated alkanes) is 6. The molecule has 0 aliphatic heterocycles. The summed E-state index contributed by atoms with van der Waals surface area (Å²) < 4.78 is 32.9. The summed E-state index contributed by atoms with van der Waals surface area (Å²) >= 11 is 0. The molecule has 31 heavy (non-hydrogen) atoms. The van der Waals surface area contributed by atoms with Crippen molar-refractivity contribution in [3.8, 4) is 0 Å². The maximum Gasteiger partial charge on any atom is 0.670 e. The Balaban J connectivity index is 5.81. The molecule has 0 aliphatic carbocycles. The van der Waals surface area contributed by atoms with Crippen LogP contribution >= 0.6 is 0 Å². The van der Waals surface area contributed by atoms with Crippen molar-refractivity contribution < 1.29 is 21.8 Å². The van der Waals surface area contributed by atoms with Crippen LogP contribution in [0.4, 0.5) is 0 Å². The van der Waals surface area contributed by atoms with E-state index in [9.17, 15) is 0 Å². The molecule has 0 saturated heterocycles. The molecule has 0 aliphatic rings. The minimum absolute atomic E-state index is 0.627. The van der Waals surface area contributed by atoms with E-state index in [1.807, 2.05) is 0 Å². The lowest BCUT2D eigenvalue weighted by atomic mass is 10.4. The third kappa shape index (κ3) is 14.9. The van der Waals surface area contributed by atoms with Crippen LogP contribution in [-0.2, 0) is 21.8 Å². The van der Waals surface area contributed by atoms with E-state index >= 15 is 0 Å². The fourth-order valence-electron chi connectivity index (χ4n) is 3.16. The zero-order valence-electron chi connectivity index (χ0n) is 21.8. The van der Waals surface area contributed by atoms with Crippen LogP contribution in [0.2, 0.25) is 12.1 Å². The molecule has 0 saturated carbocycles. The third-order valence-electron chi connectivity index (χ3n) is 5.33. The summed E-state index contributed by atoms with van der Waals surface area (Å²) in [7, 11) is -5.77. The van der Waals surface area contributed by atoms with E-state index < -0.39 is 17.6 Å². The monoisotopic (exact) mass is 478 g/mol. The summed E-state index contributed by atoms with van der Waals surface area (Å²) in [6.07, 6.45) is 12.9. The molecule has 188 valence electrons. The molecule has 0 aromatic heterocycles. The molecular formula is C24H54O5Si2. The molecule has 0 rings (SSSR count). The number of hydrogen-bond donors (Lipinski definition) is 0. The van der Waals surface area contributed by atoms with E-state index in [0.29, 0.717) is 19.8 Å². The van der Waals surface area contributed by atoms with Gasteiger partial charge in [0.25, 0.3) is 0 Å². The van der Waals surface area contributed by atoms with Gasteiger partial charge >= 0.3 is 17.6 Å². The van der Waals surface area contributed by atoms with Gasteiger partial charge in [0, 0.05) is 26.4 Å². The van der Waals surface area contributed by atoms with Crippen LogP contribution < -0.4 is 0 Å². The lowest BCUT2D eigenvalue weighted by Gasteiger charge is -2.38. The highest BCUT2D eigenvalue weighted by Crippen LogP contribution is 2.31. The Morgan fingerprint density at radius 1 is 0.419 bits per heavy atom. The molecule has 0 aromatic carbocycles. The molecule has 0 unspecified atom stereocenters. The van der Waals surface area contributed by atoms with Crippen LogP contribution in [-0.4, -0.2) is 44.0 Å². The van der Waals surface area contributed by atoms with Gasteiger partial charge in [-0.1, -0.05) is 92.9 Å². The SMILES string of the molecule is CCCCO[Si](CCCC)(CCCC)O[Si](OCCCC)(OCCCC)OCCCC. The molecule has 0 bridgehead atoms. The Kier molecular flexibility index (Phi) is 21.0. The maximum atomic E-state index is 7.01. The summed E-state index contributed by atoms with van der Waals surface area (Å²) in [5.74, 6) is 0. The fourth-order valence-corrected chi connectivity index (χ4v) is 11.0. The first-order valence-corrected chi connectivity index (χ1v) is 17.2. The van der Waals surface area contributed by atoms with Gasteiger partial charge in [0.1, 0.15) is 0 Å². The maximum absolute atomic E-state index is 7.01. The summed E-state index contributed by atoms with van der Waals surface area (Å²) in [4.78, 5) is 0. The molecule has 0 spiro atoms. The normalized spacial score (nSPS) is 12.6. The first kappa shape index (κ1) is 31.2. The van der Waals surface area contributed by atoms with Gasteiger partial charge in [-0.2, -0.15) is 0 Å². The zero-order chi connectivity index (χ0) is 23.3. The number of hydrogen-bond acceptors (Lipinski definition) is 5. The van der Waals surface area contributed by atoms with Crippen molar-refractivity contribution in [3.63, 3.8) is 0 Å². The zero-order valence-corrected chi connectivity index (χ0v) is 23.8. The number of rotatable bonds is 24. The predicted molar refractivity (Wildman–Crippen MR) is 135 cm³/mol. The predicted octanol–water partition coefficient (Wildman–Crippen LogP) is 7.75. The Hall–Kier alpha value is 0.234. The first-order valence-electron chi connectivity index (χ1n) is 13.3. The van der Waals surface area contributed by atoms with Crippen LogP contribution in [0.25, 0.3) is 0 Å². The summed E-state index contributed by atoms with van der Waals surface area (Å²) in [5.41, 5.74) is 0. The van der Waals surface area contributed by atoms with E-state index in [2.05, 4.69) is 41.5 Å². The lowest BCUT2D eigenvalue weighted by Crippen LogP contribution is -2.59. The van der Waals surface area contributed by atoms with Gasteiger partial charge in [-0.15, -0.1) is 0 Å². The van der Waals surface area contributed by atoms with Crippen molar-refractivity contribution in [1.29, 1.82) is 0 Å². The lowest BCUT2D eigenvalue weighted by molar-refractivity contribution is -0.0143. The van der Waals surface area contributed by atoms with E-state index in [1.54, 1.807) is 0 Å². The van der Waals surface area contributed by atoms with Gasteiger partial charge in [-0.3, -0.25) is 0 Å². The standard InChI is InChI=1S/C24H54O5Si2/c1-7-13-19-25-30(23-17-11-5,24-18-12-6)29-31(26-20-14-8-2,27-21-15-9-3)28-22-16-10-4/h7-24H2,1-6H3. The van der Waals surface area contributed by atoms with Crippen LogP contribution in [0, 0.1) is 0 Å². The second-order valence-electron chi connectivity index (χ2n) is 8.53. The molecule has 0 amide bonds. The van der Waals surface area contributed by atoms with Crippen molar-refractivity contribution >= 4 is 17.6 Å². The summed E-state index contributed by atoms with van der Waals surface area (Å²) in [6.45, 7) is 15.9. The minimum atomic E-state index is -3.27. The molecule has 0 N–H and O–H groups in total. The Labute approximate surface area is 196 Å². The fraction of sp³-hybridized carbons (Fsp3) is 1.00. The molecular weight excluding hydrogens is 424 g/mol. The van der Waals surface area contributed by atoms with E-state index in [0.717, 1.165) is 95.7 Å². The van der Waals surface area contributed by atoms with Crippen LogP contribution in [0.1, 0.15) is 119 Å². The van der Waals surface area contributed by atoms with Gasteiger partial charge in [0.05, 0.1) is 0 Å². The van der Waals surface area contributed by atoms with Crippen molar-refractivity contribution in [1.82, 2.24) is 0 Å². The quantitative estimate of drug-likeness (QED) is 0.105. The van der Waals surface area contributed by atoms with Gasteiger partial charge in [-0.05, 0) is 37.8 Å². The highest BCUT2D eigenvalue weighted by Gasteiger charge is 2.54.